The smallest absolute Gasteiger partial charge is 0.142 e. The number of rotatable bonds is 2. The molecule has 0 unspecified atom stereocenters. The van der Waals surface area contributed by atoms with Gasteiger partial charge in [-0.2, -0.15) is 0 Å². The Hall–Kier alpha value is -0.800. The van der Waals surface area contributed by atoms with Crippen molar-refractivity contribution in [3.8, 4) is 0 Å². The lowest BCUT2D eigenvalue weighted by Crippen LogP contribution is -2.24. The Bertz CT molecular complexity index is 352. The third-order valence-corrected chi connectivity index (χ3v) is 2.07. The van der Waals surface area contributed by atoms with Crippen LogP contribution in [0.5, 0.6) is 0 Å². The van der Waals surface area contributed by atoms with Gasteiger partial charge in [-0.1, -0.05) is 23.2 Å². The van der Waals surface area contributed by atoms with Crippen molar-refractivity contribution in [2.75, 3.05) is 0 Å². The minimum atomic E-state index is -1.32. The molecule has 1 rings (SSSR count). The Labute approximate surface area is 83.9 Å². The fourth-order valence-electron chi connectivity index (χ4n) is 0.855. The molecule has 0 aliphatic rings. The van der Waals surface area contributed by atoms with E-state index >= 15 is 0 Å². The van der Waals surface area contributed by atoms with Crippen LogP contribution >= 0.6 is 23.2 Å². The molecule has 0 radical (unpaired) electrons. The fraction of sp³-hybridized carbons (Fsp3) is 0.125. The molecule has 0 N–H and O–H groups in total. The van der Waals surface area contributed by atoms with Crippen LogP contribution in [0.3, 0.4) is 0 Å². The molecule has 0 saturated heterocycles. The molecule has 2 nitrogen and oxygen atoms in total. The number of carboxylic acids is 1. The van der Waals surface area contributed by atoms with Gasteiger partial charge in [0.1, 0.15) is 5.82 Å². The number of benzene rings is 1. The van der Waals surface area contributed by atoms with E-state index in [9.17, 15) is 14.3 Å². The number of hydrogen-bond acceptors (Lipinski definition) is 2. The van der Waals surface area contributed by atoms with Gasteiger partial charge in [0.2, 0.25) is 0 Å². The number of hydrogen-bond donors (Lipinski definition) is 0. The van der Waals surface area contributed by atoms with Crippen molar-refractivity contribution in [3.05, 3.63) is 33.6 Å². The van der Waals surface area contributed by atoms with Crippen molar-refractivity contribution < 1.29 is 14.3 Å². The maximum absolute atomic E-state index is 12.8. The maximum Gasteiger partial charge on any atom is 0.142 e. The van der Waals surface area contributed by atoms with Crippen LogP contribution in [0.25, 0.3) is 0 Å². The van der Waals surface area contributed by atoms with E-state index in [0.29, 0.717) is 0 Å². The summed E-state index contributed by atoms with van der Waals surface area (Å²) < 4.78 is 12.8. The number of carbonyl (C=O) groups is 1. The third kappa shape index (κ3) is 2.57. The number of carbonyl (C=O) groups excluding carboxylic acids is 1. The summed E-state index contributed by atoms with van der Waals surface area (Å²) in [4.78, 5) is 10.2. The molecule has 0 spiro atoms. The van der Waals surface area contributed by atoms with Gasteiger partial charge < -0.3 is 9.90 Å². The third-order valence-electron chi connectivity index (χ3n) is 1.42. The molecule has 0 aliphatic carbocycles. The van der Waals surface area contributed by atoms with Crippen LogP contribution in [0.1, 0.15) is 5.56 Å². The highest BCUT2D eigenvalue weighted by Crippen LogP contribution is 2.24. The van der Waals surface area contributed by atoms with Crippen molar-refractivity contribution in [1.82, 2.24) is 0 Å². The molecule has 0 bridgehead atoms. The van der Waals surface area contributed by atoms with Crippen molar-refractivity contribution in [1.29, 1.82) is 0 Å². The minimum Gasteiger partial charge on any atom is -0.550 e. The summed E-state index contributed by atoms with van der Waals surface area (Å²) in [6.45, 7) is 0. The van der Waals surface area contributed by atoms with Gasteiger partial charge in [0.15, 0.2) is 0 Å². The Balaban J connectivity index is 3.08. The summed E-state index contributed by atoms with van der Waals surface area (Å²) in [5.74, 6) is -2.01. The summed E-state index contributed by atoms with van der Waals surface area (Å²) in [6, 6.07) is 2.15. The maximum atomic E-state index is 12.8. The van der Waals surface area contributed by atoms with E-state index in [1.54, 1.807) is 0 Å². The Morgan fingerprint density at radius 2 is 2.00 bits per heavy atom. The first-order valence-electron chi connectivity index (χ1n) is 3.34. The van der Waals surface area contributed by atoms with Crippen LogP contribution in [0, 0.1) is 5.82 Å². The molecule has 1 aromatic rings. The van der Waals surface area contributed by atoms with Gasteiger partial charge in [-0.25, -0.2) is 4.39 Å². The summed E-state index contributed by atoms with van der Waals surface area (Å²) in [5.41, 5.74) is 0.156. The molecule has 0 amide bonds. The standard InChI is InChI=1S/C8H5Cl2FO2/c9-5-3-6(10)7(11)1-4(5)2-8(12)13/h1,3H,2H2,(H,12,13)/p-1. The minimum absolute atomic E-state index is 0.121. The molecule has 5 heteroatoms. The summed E-state index contributed by atoms with van der Waals surface area (Å²) in [6.07, 6.45) is -0.424. The highest BCUT2D eigenvalue weighted by atomic mass is 35.5. The summed E-state index contributed by atoms with van der Waals surface area (Å²) in [7, 11) is 0. The van der Waals surface area contributed by atoms with Crippen LogP contribution < -0.4 is 5.11 Å². The normalized spacial score (nSPS) is 10.1. The zero-order valence-corrected chi connectivity index (χ0v) is 7.82. The number of carboxylic acid groups (broad SMARTS) is 1. The number of halogens is 3. The number of aliphatic carboxylic acids is 1. The summed E-state index contributed by atoms with van der Waals surface area (Å²) >= 11 is 11.0. The van der Waals surface area contributed by atoms with E-state index < -0.39 is 18.2 Å². The molecule has 0 aromatic heterocycles. The van der Waals surface area contributed by atoms with Gasteiger partial charge >= 0.3 is 0 Å². The second kappa shape index (κ2) is 3.94. The second-order valence-corrected chi connectivity index (χ2v) is 3.22. The van der Waals surface area contributed by atoms with E-state index in [-0.39, 0.29) is 15.6 Å². The van der Waals surface area contributed by atoms with Crippen LogP contribution in [-0.4, -0.2) is 5.97 Å². The average molecular weight is 222 g/mol. The quantitative estimate of drug-likeness (QED) is 0.710. The van der Waals surface area contributed by atoms with Crippen molar-refractivity contribution in [2.24, 2.45) is 0 Å². The SMILES string of the molecule is O=C([O-])Cc1cc(F)c(Cl)cc1Cl. The van der Waals surface area contributed by atoms with E-state index in [0.717, 1.165) is 12.1 Å². The zero-order valence-electron chi connectivity index (χ0n) is 6.31. The first-order valence-corrected chi connectivity index (χ1v) is 4.09. The zero-order chi connectivity index (χ0) is 10.0. The predicted molar refractivity (Wildman–Crippen MR) is 45.1 cm³/mol. The van der Waals surface area contributed by atoms with Crippen molar-refractivity contribution in [3.63, 3.8) is 0 Å². The lowest BCUT2D eigenvalue weighted by molar-refractivity contribution is -0.304. The molecule has 0 saturated carbocycles. The van der Waals surface area contributed by atoms with E-state index in [1.165, 1.54) is 0 Å². The van der Waals surface area contributed by atoms with Crippen LogP contribution in [0.15, 0.2) is 12.1 Å². The topological polar surface area (TPSA) is 40.1 Å². The molecular formula is C8H4Cl2FO2-. The van der Waals surface area contributed by atoms with Crippen LogP contribution in [-0.2, 0) is 11.2 Å². The molecule has 0 heterocycles. The molecule has 70 valence electrons. The lowest BCUT2D eigenvalue weighted by Gasteiger charge is -2.05. The molecule has 1 aromatic carbocycles. The molecule has 0 aliphatic heterocycles. The Morgan fingerprint density at radius 1 is 1.38 bits per heavy atom. The van der Waals surface area contributed by atoms with E-state index in [1.807, 2.05) is 0 Å². The fourth-order valence-corrected chi connectivity index (χ4v) is 1.30. The van der Waals surface area contributed by atoms with Gasteiger partial charge in [0.25, 0.3) is 0 Å². The first kappa shape index (κ1) is 10.3. The first-order chi connectivity index (χ1) is 6.00. The average Bonchev–Trinajstić information content (AvgIpc) is 1.99. The van der Waals surface area contributed by atoms with Gasteiger partial charge in [0, 0.05) is 17.4 Å². The van der Waals surface area contributed by atoms with E-state index in [2.05, 4.69) is 0 Å². The molecule has 0 fully saturated rings. The highest BCUT2D eigenvalue weighted by Gasteiger charge is 2.06. The summed E-state index contributed by atoms with van der Waals surface area (Å²) in [5, 5.41) is 10.2. The Kier molecular flexibility index (Phi) is 3.12. The van der Waals surface area contributed by atoms with Crippen LogP contribution in [0.2, 0.25) is 10.0 Å². The highest BCUT2D eigenvalue weighted by molar-refractivity contribution is 6.35. The molecular weight excluding hydrogens is 218 g/mol. The van der Waals surface area contributed by atoms with Gasteiger partial charge in [-0.05, 0) is 17.7 Å². The monoisotopic (exact) mass is 221 g/mol. The lowest BCUT2D eigenvalue weighted by atomic mass is 10.1. The predicted octanol–water partition coefficient (Wildman–Crippen LogP) is 1.42. The van der Waals surface area contributed by atoms with Gasteiger partial charge in [0.05, 0.1) is 5.02 Å². The van der Waals surface area contributed by atoms with Crippen LogP contribution in [0.4, 0.5) is 4.39 Å². The Morgan fingerprint density at radius 3 is 2.54 bits per heavy atom. The van der Waals surface area contributed by atoms with Gasteiger partial charge in [-0.15, -0.1) is 0 Å². The van der Waals surface area contributed by atoms with E-state index in [4.69, 9.17) is 23.2 Å². The molecule has 13 heavy (non-hydrogen) atoms. The van der Waals surface area contributed by atoms with Gasteiger partial charge in [-0.3, -0.25) is 0 Å². The largest absolute Gasteiger partial charge is 0.550 e. The second-order valence-electron chi connectivity index (χ2n) is 2.41. The molecule has 0 atom stereocenters. The van der Waals surface area contributed by atoms with Crippen molar-refractivity contribution in [2.45, 2.75) is 6.42 Å². The van der Waals surface area contributed by atoms with Crippen molar-refractivity contribution >= 4 is 29.2 Å².